The van der Waals surface area contributed by atoms with Gasteiger partial charge in [0.05, 0.1) is 0 Å². The van der Waals surface area contributed by atoms with Crippen molar-refractivity contribution in [2.24, 2.45) is 0 Å². The molecule has 0 aromatic heterocycles. The van der Waals surface area contributed by atoms with Crippen LogP contribution in [0.4, 0.5) is 0 Å². The van der Waals surface area contributed by atoms with Crippen molar-refractivity contribution in [3.63, 3.8) is 0 Å². The number of halogens is 3. The number of ether oxygens (including phenoxy) is 1. The third-order valence-electron chi connectivity index (χ3n) is 3.65. The van der Waals surface area contributed by atoms with E-state index >= 15 is 0 Å². The zero-order valence-corrected chi connectivity index (χ0v) is 16.6. The van der Waals surface area contributed by atoms with Crippen LogP contribution in [0.5, 0.6) is 5.75 Å². The van der Waals surface area contributed by atoms with Gasteiger partial charge in [-0.05, 0) is 48.1 Å². The molecule has 2 aromatic carbocycles. The number of benzene rings is 2. The number of hydrogen-bond donors (Lipinski definition) is 1. The molecule has 2 aromatic rings. The molecule has 1 fully saturated rings. The summed E-state index contributed by atoms with van der Waals surface area (Å²) in [5.41, 5.74) is 1.32. The van der Waals surface area contributed by atoms with Crippen molar-refractivity contribution in [2.45, 2.75) is 6.61 Å². The first-order chi connectivity index (χ1) is 12.8. The summed E-state index contributed by atoms with van der Waals surface area (Å²) in [4.78, 5) is 24.0. The molecule has 0 unspecified atom stereocenters. The van der Waals surface area contributed by atoms with Crippen LogP contribution in [-0.2, 0) is 16.2 Å². The quantitative estimate of drug-likeness (QED) is 0.332. The highest BCUT2D eigenvalue weighted by molar-refractivity contribution is 7.80. The number of rotatable bonds is 4. The first kappa shape index (κ1) is 19.6. The van der Waals surface area contributed by atoms with E-state index in [1.165, 1.54) is 6.08 Å². The minimum Gasteiger partial charge on any atom is -0.489 e. The first-order valence-electron chi connectivity index (χ1n) is 7.59. The molecular weight excluding hydrogens is 431 g/mol. The molecule has 1 aliphatic rings. The lowest BCUT2D eigenvalue weighted by atomic mass is 10.1. The van der Waals surface area contributed by atoms with Crippen LogP contribution in [0.2, 0.25) is 10.0 Å². The van der Waals surface area contributed by atoms with Crippen molar-refractivity contribution in [3.8, 4) is 5.75 Å². The van der Waals surface area contributed by atoms with Crippen molar-refractivity contribution in [1.29, 1.82) is 0 Å². The lowest BCUT2D eigenvalue weighted by molar-refractivity contribution is -0.126. The van der Waals surface area contributed by atoms with Crippen molar-refractivity contribution >= 4 is 70.2 Å². The Balaban J connectivity index is 1.71. The number of nitrogens with one attached hydrogen (secondary N) is 1. The number of carbonyl (C=O) groups is 2. The van der Waals surface area contributed by atoms with Crippen LogP contribution in [0, 0.1) is 0 Å². The van der Waals surface area contributed by atoms with Gasteiger partial charge in [-0.25, -0.2) is 0 Å². The molecule has 0 spiro atoms. The second-order valence-electron chi connectivity index (χ2n) is 5.50. The predicted molar refractivity (Wildman–Crippen MR) is 109 cm³/mol. The highest BCUT2D eigenvalue weighted by Crippen LogP contribution is 2.23. The lowest BCUT2D eigenvalue weighted by Gasteiger charge is -2.22. The number of hydrogen-bond acceptors (Lipinski definition) is 4. The second-order valence-corrected chi connectivity index (χ2v) is 7.07. The van der Waals surface area contributed by atoms with Crippen LogP contribution in [0.25, 0.3) is 6.08 Å². The summed E-state index contributed by atoms with van der Waals surface area (Å²) in [6.45, 7) is 0.274. The van der Waals surface area contributed by atoms with E-state index in [1.807, 2.05) is 0 Å². The average Bonchev–Trinajstić information content (AvgIpc) is 2.64. The molecule has 1 saturated heterocycles. The fraction of sp³-hybridized carbons (Fsp3) is 0.0556. The Kier molecular flexibility index (Phi) is 6.01. The van der Waals surface area contributed by atoms with Gasteiger partial charge in [0.25, 0.3) is 11.8 Å². The van der Waals surface area contributed by atoms with Gasteiger partial charge in [0.1, 0.15) is 17.9 Å². The van der Waals surface area contributed by atoms with E-state index in [2.05, 4.69) is 5.32 Å². The highest BCUT2D eigenvalue weighted by Gasteiger charge is 2.32. The smallest absolute Gasteiger partial charge is 0.280 e. The Labute approximate surface area is 175 Å². The van der Waals surface area contributed by atoms with E-state index in [0.29, 0.717) is 25.8 Å². The molecule has 1 N–H and O–H groups in total. The van der Waals surface area contributed by atoms with E-state index < -0.39 is 11.8 Å². The van der Waals surface area contributed by atoms with Crippen molar-refractivity contribution in [2.75, 3.05) is 0 Å². The largest absolute Gasteiger partial charge is 0.489 e. The molecule has 0 bridgehead atoms. The SMILES string of the molecule is O=C1NC(=S)N(Cl)C(=O)/C1=C/c1ccc(OCc2ccc(Cl)cc2Cl)cc1. The third kappa shape index (κ3) is 4.59. The van der Waals surface area contributed by atoms with Crippen LogP contribution in [0.15, 0.2) is 48.0 Å². The monoisotopic (exact) mass is 440 g/mol. The van der Waals surface area contributed by atoms with E-state index in [1.54, 1.807) is 42.5 Å². The normalized spacial score (nSPS) is 15.9. The van der Waals surface area contributed by atoms with E-state index in [-0.39, 0.29) is 17.3 Å². The fourth-order valence-electron chi connectivity index (χ4n) is 2.26. The van der Waals surface area contributed by atoms with Crippen molar-refractivity contribution in [3.05, 3.63) is 69.2 Å². The molecule has 0 atom stereocenters. The van der Waals surface area contributed by atoms with Crippen molar-refractivity contribution in [1.82, 2.24) is 9.74 Å². The molecular formula is C18H11Cl3N2O3S. The Hall–Kier alpha value is -2.12. The van der Waals surface area contributed by atoms with Crippen molar-refractivity contribution < 1.29 is 14.3 Å². The van der Waals surface area contributed by atoms with E-state index in [0.717, 1.165) is 5.56 Å². The fourth-order valence-corrected chi connectivity index (χ4v) is 3.03. The maximum absolute atomic E-state index is 12.1. The molecule has 2 amide bonds. The summed E-state index contributed by atoms with van der Waals surface area (Å²) in [7, 11) is 0. The Morgan fingerprint density at radius 1 is 1.11 bits per heavy atom. The zero-order valence-electron chi connectivity index (χ0n) is 13.5. The number of thiocarbonyl (C=S) groups is 1. The van der Waals surface area contributed by atoms with Gasteiger partial charge in [0, 0.05) is 27.4 Å². The summed E-state index contributed by atoms with van der Waals surface area (Å²) >= 11 is 22.5. The van der Waals surface area contributed by atoms with Crippen LogP contribution in [0.1, 0.15) is 11.1 Å². The van der Waals surface area contributed by atoms with Gasteiger partial charge in [-0.3, -0.25) is 14.9 Å². The van der Waals surface area contributed by atoms with Gasteiger partial charge >= 0.3 is 0 Å². The first-order valence-corrected chi connectivity index (χ1v) is 9.09. The second kappa shape index (κ2) is 8.27. The van der Waals surface area contributed by atoms with Gasteiger partial charge in [-0.1, -0.05) is 41.4 Å². The summed E-state index contributed by atoms with van der Waals surface area (Å²) in [6, 6.07) is 12.0. The highest BCUT2D eigenvalue weighted by atomic mass is 35.5. The molecule has 9 heteroatoms. The standard InChI is InChI=1S/C18H11Cl3N2O3S/c19-12-4-3-11(15(20)8-12)9-26-13-5-1-10(2-6-13)7-14-16(24)22-18(27)23(21)17(14)25/h1-8H,9H2,(H,22,24,27)/b14-7+. The molecule has 0 saturated carbocycles. The number of carbonyl (C=O) groups excluding carboxylic acids is 2. The van der Waals surface area contributed by atoms with Gasteiger partial charge in [-0.2, -0.15) is 4.42 Å². The molecule has 0 radical (unpaired) electrons. The molecule has 1 aliphatic heterocycles. The Bertz CT molecular complexity index is 961. The molecule has 0 aliphatic carbocycles. The molecule has 1 heterocycles. The average molecular weight is 442 g/mol. The summed E-state index contributed by atoms with van der Waals surface area (Å²) in [6.07, 6.45) is 1.43. The maximum Gasteiger partial charge on any atom is 0.280 e. The zero-order chi connectivity index (χ0) is 19.6. The Morgan fingerprint density at radius 2 is 1.81 bits per heavy atom. The van der Waals surface area contributed by atoms with Crippen LogP contribution >= 0.6 is 47.2 Å². The van der Waals surface area contributed by atoms with Crippen LogP contribution < -0.4 is 10.1 Å². The number of nitrogens with zero attached hydrogens (tertiary/aromatic N) is 1. The minimum absolute atomic E-state index is 0.111. The van der Waals surface area contributed by atoms with E-state index in [4.69, 9.17) is 51.9 Å². The molecule has 5 nitrogen and oxygen atoms in total. The predicted octanol–water partition coefficient (Wildman–Crippen LogP) is 4.35. The summed E-state index contributed by atoms with van der Waals surface area (Å²) in [5.74, 6) is -0.675. The third-order valence-corrected chi connectivity index (χ3v) is 4.95. The molecule has 3 rings (SSSR count). The Morgan fingerprint density at radius 3 is 2.48 bits per heavy atom. The topological polar surface area (TPSA) is 58.6 Å². The van der Waals surface area contributed by atoms with Gasteiger partial charge in [0.2, 0.25) is 0 Å². The molecule has 138 valence electrons. The summed E-state index contributed by atoms with van der Waals surface area (Å²) < 4.78 is 6.38. The van der Waals surface area contributed by atoms with E-state index in [9.17, 15) is 9.59 Å². The number of amides is 2. The van der Waals surface area contributed by atoms with Gasteiger partial charge in [-0.15, -0.1) is 0 Å². The summed E-state index contributed by atoms with van der Waals surface area (Å²) in [5, 5.41) is 3.27. The van der Waals surface area contributed by atoms with Crippen LogP contribution in [0.3, 0.4) is 0 Å². The maximum atomic E-state index is 12.1. The van der Waals surface area contributed by atoms with Gasteiger partial charge < -0.3 is 4.74 Å². The van der Waals surface area contributed by atoms with Gasteiger partial charge in [0.15, 0.2) is 5.11 Å². The molecule has 27 heavy (non-hydrogen) atoms. The lowest BCUT2D eigenvalue weighted by Crippen LogP contribution is -2.49. The van der Waals surface area contributed by atoms with Crippen LogP contribution in [-0.4, -0.2) is 21.3 Å². The minimum atomic E-state index is -0.678.